The summed E-state index contributed by atoms with van der Waals surface area (Å²) in [5.41, 5.74) is 4.28. The molecule has 0 fully saturated rings. The highest BCUT2D eigenvalue weighted by Crippen LogP contribution is 2.25. The predicted octanol–water partition coefficient (Wildman–Crippen LogP) is 1.87. The minimum Gasteiger partial charge on any atom is -0.464 e. The van der Waals surface area contributed by atoms with Gasteiger partial charge >= 0.3 is 5.97 Å². The van der Waals surface area contributed by atoms with Crippen LogP contribution in [0.3, 0.4) is 0 Å². The number of benzene rings is 1. The monoisotopic (exact) mass is 299 g/mol. The predicted molar refractivity (Wildman–Crippen MR) is 81.1 cm³/mol. The van der Waals surface area contributed by atoms with Gasteiger partial charge < -0.3 is 10.1 Å². The number of amides is 1. The van der Waals surface area contributed by atoms with E-state index in [-0.39, 0.29) is 11.6 Å². The Bertz CT molecular complexity index is 777. The van der Waals surface area contributed by atoms with Gasteiger partial charge in [0.2, 0.25) is 0 Å². The van der Waals surface area contributed by atoms with E-state index in [9.17, 15) is 9.59 Å². The molecule has 1 aliphatic carbocycles. The van der Waals surface area contributed by atoms with E-state index in [1.54, 1.807) is 20.0 Å². The SMILES string of the molecule is COC(=O)c1c(NC(=O)c2ccc3c(c2)CC3)c(C)nn1C. The Balaban J connectivity index is 1.90. The molecule has 6 nitrogen and oxygen atoms in total. The fourth-order valence-electron chi connectivity index (χ4n) is 2.66. The zero-order chi connectivity index (χ0) is 15.9. The average Bonchev–Trinajstić information content (AvgIpc) is 2.73. The molecule has 0 spiro atoms. The van der Waals surface area contributed by atoms with Crippen molar-refractivity contribution in [3.8, 4) is 0 Å². The van der Waals surface area contributed by atoms with Crippen LogP contribution in [0, 0.1) is 6.92 Å². The molecule has 1 N–H and O–H groups in total. The van der Waals surface area contributed by atoms with Gasteiger partial charge in [0, 0.05) is 12.6 Å². The van der Waals surface area contributed by atoms with E-state index in [2.05, 4.69) is 10.4 Å². The van der Waals surface area contributed by atoms with Crippen LogP contribution in [-0.4, -0.2) is 28.8 Å². The summed E-state index contributed by atoms with van der Waals surface area (Å²) in [5, 5.41) is 6.95. The molecule has 6 heteroatoms. The number of hydrogen-bond donors (Lipinski definition) is 1. The molecule has 0 atom stereocenters. The summed E-state index contributed by atoms with van der Waals surface area (Å²) >= 11 is 0. The zero-order valence-corrected chi connectivity index (χ0v) is 12.8. The number of carbonyl (C=O) groups is 2. The normalized spacial score (nSPS) is 12.3. The summed E-state index contributed by atoms with van der Waals surface area (Å²) in [6.07, 6.45) is 2.08. The Morgan fingerprint density at radius 2 is 2.00 bits per heavy atom. The van der Waals surface area contributed by atoms with E-state index in [0.717, 1.165) is 12.8 Å². The topological polar surface area (TPSA) is 73.2 Å². The third-order valence-corrected chi connectivity index (χ3v) is 3.97. The van der Waals surface area contributed by atoms with Crippen LogP contribution in [0.15, 0.2) is 18.2 Å². The van der Waals surface area contributed by atoms with Gasteiger partial charge in [-0.15, -0.1) is 0 Å². The van der Waals surface area contributed by atoms with E-state index in [1.807, 2.05) is 12.1 Å². The molecule has 2 aromatic rings. The molecule has 3 rings (SSSR count). The van der Waals surface area contributed by atoms with Crippen molar-refractivity contribution < 1.29 is 14.3 Å². The summed E-state index contributed by atoms with van der Waals surface area (Å²) in [5.74, 6) is -0.786. The summed E-state index contributed by atoms with van der Waals surface area (Å²) in [7, 11) is 2.94. The minimum atomic E-state index is -0.532. The third kappa shape index (κ3) is 2.26. The number of rotatable bonds is 3. The quantitative estimate of drug-likeness (QED) is 0.878. The van der Waals surface area contributed by atoms with Crippen molar-refractivity contribution in [3.05, 3.63) is 46.3 Å². The maximum atomic E-state index is 12.4. The Labute approximate surface area is 128 Å². The molecule has 114 valence electrons. The lowest BCUT2D eigenvalue weighted by Crippen LogP contribution is -2.18. The maximum absolute atomic E-state index is 12.4. The first-order chi connectivity index (χ1) is 10.5. The Hall–Kier alpha value is -2.63. The largest absolute Gasteiger partial charge is 0.464 e. The Morgan fingerprint density at radius 3 is 2.59 bits per heavy atom. The molecular weight excluding hydrogens is 282 g/mol. The van der Waals surface area contributed by atoms with Gasteiger partial charge in [0.15, 0.2) is 5.69 Å². The first-order valence-electron chi connectivity index (χ1n) is 7.06. The summed E-state index contributed by atoms with van der Waals surface area (Å²) < 4.78 is 6.16. The molecule has 0 bridgehead atoms. The Kier molecular flexibility index (Phi) is 3.44. The van der Waals surface area contributed by atoms with Crippen LogP contribution in [-0.2, 0) is 24.6 Å². The lowest BCUT2D eigenvalue weighted by molar-refractivity contribution is 0.0589. The number of carbonyl (C=O) groups excluding carboxylic acids is 2. The van der Waals surface area contributed by atoms with Crippen molar-refractivity contribution in [2.75, 3.05) is 12.4 Å². The highest BCUT2D eigenvalue weighted by Gasteiger charge is 2.23. The molecule has 0 aliphatic heterocycles. The summed E-state index contributed by atoms with van der Waals surface area (Å²) in [6.45, 7) is 1.74. The number of anilines is 1. The fourth-order valence-corrected chi connectivity index (χ4v) is 2.66. The van der Waals surface area contributed by atoms with Gasteiger partial charge in [0.1, 0.15) is 0 Å². The van der Waals surface area contributed by atoms with Gasteiger partial charge in [0.25, 0.3) is 5.91 Å². The first kappa shape index (κ1) is 14.3. The number of hydrogen-bond acceptors (Lipinski definition) is 4. The molecule has 1 aromatic carbocycles. The van der Waals surface area contributed by atoms with E-state index >= 15 is 0 Å². The van der Waals surface area contributed by atoms with Crippen LogP contribution in [0.2, 0.25) is 0 Å². The Morgan fingerprint density at radius 1 is 1.27 bits per heavy atom. The van der Waals surface area contributed by atoms with Gasteiger partial charge in [-0.25, -0.2) is 4.79 Å². The molecule has 1 amide bonds. The van der Waals surface area contributed by atoms with Crippen LogP contribution >= 0.6 is 0 Å². The van der Waals surface area contributed by atoms with Crippen molar-refractivity contribution in [2.24, 2.45) is 7.05 Å². The van der Waals surface area contributed by atoms with E-state index in [1.165, 1.54) is 22.9 Å². The number of ether oxygens (including phenoxy) is 1. The van der Waals surface area contributed by atoms with E-state index in [0.29, 0.717) is 16.9 Å². The van der Waals surface area contributed by atoms with Gasteiger partial charge in [0.05, 0.1) is 18.5 Å². The second-order valence-corrected chi connectivity index (χ2v) is 5.36. The van der Waals surface area contributed by atoms with Crippen molar-refractivity contribution in [1.29, 1.82) is 0 Å². The molecule has 0 unspecified atom stereocenters. The van der Waals surface area contributed by atoms with Crippen LogP contribution in [0.25, 0.3) is 0 Å². The number of aryl methyl sites for hydroxylation is 4. The number of nitrogens with zero attached hydrogens (tertiary/aromatic N) is 2. The highest BCUT2D eigenvalue weighted by molar-refractivity contribution is 6.08. The highest BCUT2D eigenvalue weighted by atomic mass is 16.5. The minimum absolute atomic E-state index is 0.234. The van der Waals surface area contributed by atoms with Gasteiger partial charge in [-0.3, -0.25) is 9.48 Å². The average molecular weight is 299 g/mol. The second-order valence-electron chi connectivity index (χ2n) is 5.36. The molecular formula is C16H17N3O3. The third-order valence-electron chi connectivity index (χ3n) is 3.97. The van der Waals surface area contributed by atoms with Gasteiger partial charge in [-0.1, -0.05) is 6.07 Å². The number of aromatic nitrogens is 2. The van der Waals surface area contributed by atoms with Crippen molar-refractivity contribution in [2.45, 2.75) is 19.8 Å². The van der Waals surface area contributed by atoms with Crippen LogP contribution < -0.4 is 5.32 Å². The van der Waals surface area contributed by atoms with Crippen LogP contribution in [0.5, 0.6) is 0 Å². The second kappa shape index (κ2) is 5.29. The molecule has 1 aromatic heterocycles. The smallest absolute Gasteiger partial charge is 0.358 e. The number of nitrogens with one attached hydrogen (secondary N) is 1. The molecule has 1 heterocycles. The number of esters is 1. The molecule has 1 aliphatic rings. The molecule has 0 saturated heterocycles. The lowest BCUT2D eigenvalue weighted by Gasteiger charge is -2.19. The fraction of sp³-hybridized carbons (Fsp3) is 0.312. The van der Waals surface area contributed by atoms with Crippen molar-refractivity contribution >= 4 is 17.6 Å². The standard InChI is InChI=1S/C16H17N3O3/c1-9-13(14(16(21)22-3)19(2)18-9)17-15(20)12-7-5-10-4-6-11(10)8-12/h5,7-8H,4,6H2,1-3H3,(H,17,20). The van der Waals surface area contributed by atoms with Gasteiger partial charge in [-0.05, 0) is 43.0 Å². The van der Waals surface area contributed by atoms with Crippen LogP contribution in [0.4, 0.5) is 5.69 Å². The molecule has 22 heavy (non-hydrogen) atoms. The first-order valence-corrected chi connectivity index (χ1v) is 7.06. The maximum Gasteiger partial charge on any atom is 0.358 e. The van der Waals surface area contributed by atoms with Crippen molar-refractivity contribution in [1.82, 2.24) is 9.78 Å². The molecule has 0 saturated carbocycles. The lowest BCUT2D eigenvalue weighted by atomic mass is 9.87. The molecule has 0 radical (unpaired) electrons. The zero-order valence-electron chi connectivity index (χ0n) is 12.8. The number of fused-ring (bicyclic) bond motifs is 1. The number of methoxy groups -OCH3 is 1. The van der Waals surface area contributed by atoms with Crippen molar-refractivity contribution in [3.63, 3.8) is 0 Å². The summed E-state index contributed by atoms with van der Waals surface area (Å²) in [4.78, 5) is 24.3. The van der Waals surface area contributed by atoms with Crippen LogP contribution in [0.1, 0.15) is 37.7 Å². The summed E-state index contributed by atoms with van der Waals surface area (Å²) in [6, 6.07) is 5.68. The van der Waals surface area contributed by atoms with E-state index in [4.69, 9.17) is 4.74 Å². The van der Waals surface area contributed by atoms with E-state index < -0.39 is 5.97 Å². The van der Waals surface area contributed by atoms with Gasteiger partial charge in [-0.2, -0.15) is 5.10 Å².